The highest BCUT2D eigenvalue weighted by Crippen LogP contribution is 2.23. The van der Waals surface area contributed by atoms with Gasteiger partial charge in [0.1, 0.15) is 0 Å². The van der Waals surface area contributed by atoms with Crippen molar-refractivity contribution in [1.29, 1.82) is 0 Å². The molecule has 0 aliphatic carbocycles. The van der Waals surface area contributed by atoms with E-state index < -0.39 is 11.6 Å². The van der Waals surface area contributed by atoms with E-state index in [9.17, 15) is 9.90 Å². The predicted octanol–water partition coefficient (Wildman–Crippen LogP) is 1.66. The number of aliphatic hydroxyl groups is 1. The Morgan fingerprint density at radius 1 is 1.26 bits per heavy atom. The van der Waals surface area contributed by atoms with Gasteiger partial charge in [-0.15, -0.1) is 0 Å². The highest BCUT2D eigenvalue weighted by atomic mass is 16.4. The third kappa shape index (κ3) is 4.04. The Hall–Kier alpha value is -1.39. The van der Waals surface area contributed by atoms with Crippen molar-refractivity contribution in [2.75, 3.05) is 13.1 Å². The van der Waals surface area contributed by atoms with Gasteiger partial charge < -0.3 is 10.2 Å². The van der Waals surface area contributed by atoms with Crippen LogP contribution in [0.1, 0.15) is 30.9 Å². The molecule has 2 N–H and O–H groups in total. The van der Waals surface area contributed by atoms with Gasteiger partial charge in [0.15, 0.2) is 0 Å². The van der Waals surface area contributed by atoms with Crippen LogP contribution in [-0.2, 0) is 17.8 Å². The third-order valence-electron chi connectivity index (χ3n) is 3.79. The smallest absolute Gasteiger partial charge is 0.307 e. The van der Waals surface area contributed by atoms with Crippen molar-refractivity contribution in [3.63, 3.8) is 0 Å². The molecular formula is C15H21NO3. The van der Waals surface area contributed by atoms with Gasteiger partial charge in [-0.25, -0.2) is 0 Å². The Morgan fingerprint density at radius 3 is 2.42 bits per heavy atom. The molecule has 0 bridgehead atoms. The van der Waals surface area contributed by atoms with Crippen LogP contribution in [0, 0.1) is 0 Å². The van der Waals surface area contributed by atoms with Crippen LogP contribution in [0.4, 0.5) is 0 Å². The molecule has 19 heavy (non-hydrogen) atoms. The molecule has 0 radical (unpaired) electrons. The van der Waals surface area contributed by atoms with Gasteiger partial charge in [-0.3, -0.25) is 9.69 Å². The number of benzene rings is 1. The average Bonchev–Trinajstić information content (AvgIpc) is 2.33. The quantitative estimate of drug-likeness (QED) is 0.867. The Kier molecular flexibility index (Phi) is 4.22. The van der Waals surface area contributed by atoms with E-state index in [1.165, 1.54) is 0 Å². The van der Waals surface area contributed by atoms with E-state index >= 15 is 0 Å². The van der Waals surface area contributed by atoms with E-state index in [1.807, 2.05) is 31.2 Å². The minimum Gasteiger partial charge on any atom is -0.481 e. The summed E-state index contributed by atoms with van der Waals surface area (Å²) in [5, 5.41) is 18.8. The molecule has 1 aromatic rings. The number of nitrogens with zero attached hydrogens (tertiary/aromatic N) is 1. The highest BCUT2D eigenvalue weighted by molar-refractivity contribution is 5.70. The van der Waals surface area contributed by atoms with E-state index in [-0.39, 0.29) is 6.42 Å². The van der Waals surface area contributed by atoms with Crippen molar-refractivity contribution in [3.05, 3.63) is 35.4 Å². The van der Waals surface area contributed by atoms with E-state index in [1.54, 1.807) is 0 Å². The number of hydrogen-bond donors (Lipinski definition) is 2. The number of carbonyl (C=O) groups is 1. The van der Waals surface area contributed by atoms with Crippen LogP contribution in [0.3, 0.4) is 0 Å². The lowest BCUT2D eigenvalue weighted by atomic mass is 9.93. The summed E-state index contributed by atoms with van der Waals surface area (Å²) in [5.74, 6) is -0.797. The summed E-state index contributed by atoms with van der Waals surface area (Å²) in [7, 11) is 0. The van der Waals surface area contributed by atoms with Crippen molar-refractivity contribution in [1.82, 2.24) is 4.90 Å². The SMILES string of the molecule is CC1(O)CCN(Cc2ccccc2CC(=O)O)CC1. The zero-order chi connectivity index (χ0) is 13.9. The van der Waals surface area contributed by atoms with Gasteiger partial charge in [0.05, 0.1) is 12.0 Å². The van der Waals surface area contributed by atoms with Crippen molar-refractivity contribution < 1.29 is 15.0 Å². The molecule has 1 aliphatic heterocycles. The molecule has 0 saturated carbocycles. The second-order valence-corrected chi connectivity index (χ2v) is 5.61. The van der Waals surface area contributed by atoms with Crippen LogP contribution in [0.5, 0.6) is 0 Å². The first-order chi connectivity index (χ1) is 8.96. The maximum absolute atomic E-state index is 10.9. The lowest BCUT2D eigenvalue weighted by molar-refractivity contribution is -0.136. The molecule has 4 nitrogen and oxygen atoms in total. The summed E-state index contributed by atoms with van der Waals surface area (Å²) < 4.78 is 0. The van der Waals surface area contributed by atoms with Gasteiger partial charge >= 0.3 is 5.97 Å². The van der Waals surface area contributed by atoms with Gasteiger partial charge in [0.2, 0.25) is 0 Å². The summed E-state index contributed by atoms with van der Waals surface area (Å²) >= 11 is 0. The van der Waals surface area contributed by atoms with Crippen molar-refractivity contribution >= 4 is 5.97 Å². The lowest BCUT2D eigenvalue weighted by Gasteiger charge is -2.36. The number of carboxylic acid groups (broad SMARTS) is 1. The first-order valence-electron chi connectivity index (χ1n) is 6.70. The van der Waals surface area contributed by atoms with Crippen LogP contribution in [-0.4, -0.2) is 39.8 Å². The Labute approximate surface area is 113 Å². The van der Waals surface area contributed by atoms with E-state index in [4.69, 9.17) is 5.11 Å². The molecule has 1 aromatic carbocycles. The maximum atomic E-state index is 10.9. The first-order valence-corrected chi connectivity index (χ1v) is 6.70. The molecule has 1 saturated heterocycles. The summed E-state index contributed by atoms with van der Waals surface area (Å²) in [6.45, 7) is 4.35. The number of rotatable bonds is 4. The fourth-order valence-corrected chi connectivity index (χ4v) is 2.48. The summed E-state index contributed by atoms with van der Waals surface area (Å²) in [6.07, 6.45) is 1.62. The standard InChI is InChI=1S/C15H21NO3/c1-15(19)6-8-16(9-7-15)11-13-5-3-2-4-12(13)10-14(17)18/h2-5,19H,6-11H2,1H3,(H,17,18). The van der Waals surface area contributed by atoms with Crippen molar-refractivity contribution in [3.8, 4) is 0 Å². The Balaban J connectivity index is 2.01. The molecule has 1 aliphatic rings. The molecule has 104 valence electrons. The van der Waals surface area contributed by atoms with Gasteiger partial charge in [0.25, 0.3) is 0 Å². The van der Waals surface area contributed by atoms with Crippen LogP contribution in [0.25, 0.3) is 0 Å². The molecule has 0 atom stereocenters. The van der Waals surface area contributed by atoms with Crippen molar-refractivity contribution in [2.24, 2.45) is 0 Å². The third-order valence-corrected chi connectivity index (χ3v) is 3.79. The maximum Gasteiger partial charge on any atom is 0.307 e. The molecule has 1 heterocycles. The number of hydrogen-bond acceptors (Lipinski definition) is 3. The lowest BCUT2D eigenvalue weighted by Crippen LogP contribution is -2.42. The average molecular weight is 263 g/mol. The Morgan fingerprint density at radius 2 is 1.84 bits per heavy atom. The fourth-order valence-electron chi connectivity index (χ4n) is 2.48. The van der Waals surface area contributed by atoms with Crippen LogP contribution < -0.4 is 0 Å². The molecule has 0 amide bonds. The van der Waals surface area contributed by atoms with Crippen LogP contribution in [0.15, 0.2) is 24.3 Å². The largest absolute Gasteiger partial charge is 0.481 e. The molecule has 4 heteroatoms. The minimum absolute atomic E-state index is 0.0712. The summed E-state index contributed by atoms with van der Waals surface area (Å²) in [4.78, 5) is 13.1. The molecule has 1 fully saturated rings. The molecule has 2 rings (SSSR count). The summed E-state index contributed by atoms with van der Waals surface area (Å²) in [6, 6.07) is 7.69. The Bertz CT molecular complexity index is 446. The normalized spacial score (nSPS) is 19.3. The van der Waals surface area contributed by atoms with Gasteiger partial charge in [-0.05, 0) is 30.9 Å². The number of aliphatic carboxylic acids is 1. The van der Waals surface area contributed by atoms with Gasteiger partial charge in [-0.1, -0.05) is 24.3 Å². The highest BCUT2D eigenvalue weighted by Gasteiger charge is 2.27. The molecule has 0 unspecified atom stereocenters. The van der Waals surface area contributed by atoms with Crippen LogP contribution in [0.2, 0.25) is 0 Å². The predicted molar refractivity (Wildman–Crippen MR) is 72.9 cm³/mol. The number of piperidine rings is 1. The zero-order valence-electron chi connectivity index (χ0n) is 11.3. The van der Waals surface area contributed by atoms with E-state index in [0.29, 0.717) is 0 Å². The van der Waals surface area contributed by atoms with Crippen molar-refractivity contribution in [2.45, 2.75) is 38.3 Å². The van der Waals surface area contributed by atoms with E-state index in [0.717, 1.165) is 43.6 Å². The first kappa shape index (κ1) is 14.0. The van der Waals surface area contributed by atoms with Gasteiger partial charge in [-0.2, -0.15) is 0 Å². The zero-order valence-corrected chi connectivity index (χ0v) is 11.3. The molecular weight excluding hydrogens is 242 g/mol. The minimum atomic E-state index is -0.797. The monoisotopic (exact) mass is 263 g/mol. The van der Waals surface area contributed by atoms with Crippen LogP contribution >= 0.6 is 0 Å². The van der Waals surface area contributed by atoms with E-state index in [2.05, 4.69) is 4.90 Å². The molecule has 0 aromatic heterocycles. The summed E-state index contributed by atoms with van der Waals surface area (Å²) in [5.41, 5.74) is 1.41. The second kappa shape index (κ2) is 5.72. The number of carboxylic acids is 1. The topological polar surface area (TPSA) is 60.8 Å². The molecule has 0 spiro atoms. The number of likely N-dealkylation sites (tertiary alicyclic amines) is 1. The second-order valence-electron chi connectivity index (χ2n) is 5.61. The fraction of sp³-hybridized carbons (Fsp3) is 0.533. The van der Waals surface area contributed by atoms with Gasteiger partial charge in [0, 0.05) is 19.6 Å².